The van der Waals surface area contributed by atoms with Crippen molar-refractivity contribution in [3.05, 3.63) is 0 Å². The summed E-state index contributed by atoms with van der Waals surface area (Å²) in [6.07, 6.45) is 4.15. The summed E-state index contributed by atoms with van der Waals surface area (Å²) in [5, 5.41) is 7.00. The van der Waals surface area contributed by atoms with Crippen LogP contribution in [0.1, 0.15) is 47.0 Å². The first-order valence-electron chi connectivity index (χ1n) is 4.61. The van der Waals surface area contributed by atoms with Crippen LogP contribution in [-0.4, -0.2) is 12.2 Å². The quantitative estimate of drug-likeness (QED) is 0.670. The second kappa shape index (κ2) is 9.96. The largest absolute Gasteiger partial charge is 0.400 e. The lowest BCUT2D eigenvalue weighted by Crippen LogP contribution is -1.95. The third-order valence-corrected chi connectivity index (χ3v) is 1.93. The molecule has 0 fully saturated rings. The van der Waals surface area contributed by atoms with Gasteiger partial charge in [0.05, 0.1) is 0 Å². The van der Waals surface area contributed by atoms with Gasteiger partial charge in [-0.25, -0.2) is 0 Å². The van der Waals surface area contributed by atoms with Crippen molar-refractivity contribution in [3.63, 3.8) is 0 Å². The second-order valence-corrected chi connectivity index (χ2v) is 3.48. The van der Waals surface area contributed by atoms with Gasteiger partial charge in [0.15, 0.2) is 0 Å². The van der Waals surface area contributed by atoms with Crippen LogP contribution in [0.25, 0.3) is 0 Å². The molecule has 1 heteroatoms. The van der Waals surface area contributed by atoms with Gasteiger partial charge in [-0.05, 0) is 11.8 Å². The molecule has 0 aliphatic rings. The molecule has 0 radical (unpaired) electrons. The fourth-order valence-electron chi connectivity index (χ4n) is 0.822. The molecule has 11 heavy (non-hydrogen) atoms. The predicted molar refractivity (Wildman–Crippen MR) is 51.7 cm³/mol. The Kier molecular flexibility index (Phi) is 12.3. The summed E-state index contributed by atoms with van der Waals surface area (Å²) in [5.41, 5.74) is 0. The fourth-order valence-corrected chi connectivity index (χ4v) is 0.822. The Balaban J connectivity index is 0. The molecule has 1 unspecified atom stereocenters. The topological polar surface area (TPSA) is 20.2 Å². The zero-order valence-electron chi connectivity index (χ0n) is 8.72. The van der Waals surface area contributed by atoms with E-state index in [9.17, 15) is 0 Å². The third-order valence-electron chi connectivity index (χ3n) is 1.93. The van der Waals surface area contributed by atoms with E-state index in [1.54, 1.807) is 0 Å². The minimum absolute atomic E-state index is 0.888. The average molecular weight is 160 g/mol. The molecule has 0 bridgehead atoms. The Morgan fingerprint density at radius 1 is 1.00 bits per heavy atom. The van der Waals surface area contributed by atoms with Crippen LogP contribution >= 0.6 is 0 Å². The molecule has 0 rings (SSSR count). The van der Waals surface area contributed by atoms with Gasteiger partial charge in [-0.15, -0.1) is 0 Å². The summed E-state index contributed by atoms with van der Waals surface area (Å²) in [5.74, 6) is 1.83. The summed E-state index contributed by atoms with van der Waals surface area (Å²) in [4.78, 5) is 0. The van der Waals surface area contributed by atoms with Gasteiger partial charge >= 0.3 is 0 Å². The highest BCUT2D eigenvalue weighted by Crippen LogP contribution is 2.13. The van der Waals surface area contributed by atoms with Crippen LogP contribution in [0, 0.1) is 11.8 Å². The maximum atomic E-state index is 7.00. The van der Waals surface area contributed by atoms with E-state index in [-0.39, 0.29) is 0 Å². The van der Waals surface area contributed by atoms with Crippen molar-refractivity contribution in [2.24, 2.45) is 11.8 Å². The van der Waals surface area contributed by atoms with Crippen LogP contribution in [0.2, 0.25) is 0 Å². The van der Waals surface area contributed by atoms with Crippen molar-refractivity contribution in [3.8, 4) is 0 Å². The molecule has 1 N–H and O–H groups in total. The van der Waals surface area contributed by atoms with Crippen molar-refractivity contribution in [2.45, 2.75) is 47.0 Å². The van der Waals surface area contributed by atoms with Gasteiger partial charge in [-0.2, -0.15) is 0 Å². The summed E-state index contributed by atoms with van der Waals surface area (Å²) >= 11 is 0. The maximum Gasteiger partial charge on any atom is 0.0319 e. The minimum Gasteiger partial charge on any atom is -0.400 e. The Labute approximate surface area is 71.8 Å². The number of hydrogen-bond acceptors (Lipinski definition) is 1. The van der Waals surface area contributed by atoms with Crippen LogP contribution < -0.4 is 0 Å². The molecular weight excluding hydrogens is 136 g/mol. The minimum atomic E-state index is 0.888. The normalized spacial score (nSPS) is 12.3. The Bertz CT molecular complexity index is 59.9. The van der Waals surface area contributed by atoms with E-state index in [4.69, 9.17) is 5.11 Å². The fraction of sp³-hybridized carbons (Fsp3) is 1.00. The van der Waals surface area contributed by atoms with Crippen LogP contribution in [-0.2, 0) is 0 Å². The molecule has 0 aromatic carbocycles. The van der Waals surface area contributed by atoms with E-state index in [1.807, 2.05) is 0 Å². The van der Waals surface area contributed by atoms with Crippen LogP contribution in [0.3, 0.4) is 0 Å². The molecule has 0 amide bonds. The van der Waals surface area contributed by atoms with E-state index in [0.717, 1.165) is 18.9 Å². The highest BCUT2D eigenvalue weighted by atomic mass is 16.2. The maximum absolute atomic E-state index is 7.00. The van der Waals surface area contributed by atoms with E-state index < -0.39 is 0 Å². The van der Waals surface area contributed by atoms with Gasteiger partial charge in [0.25, 0.3) is 0 Å². The van der Waals surface area contributed by atoms with Gasteiger partial charge in [-0.1, -0.05) is 47.0 Å². The van der Waals surface area contributed by atoms with E-state index >= 15 is 0 Å². The molecule has 0 spiro atoms. The molecule has 1 nitrogen and oxygen atoms in total. The first-order chi connectivity index (χ1) is 5.16. The first kappa shape index (κ1) is 13.5. The molecular formula is C10H24O. The van der Waals surface area contributed by atoms with Gasteiger partial charge < -0.3 is 5.11 Å². The van der Waals surface area contributed by atoms with Gasteiger partial charge in [0.1, 0.15) is 0 Å². The number of aliphatic hydroxyl groups is 1. The molecule has 70 valence electrons. The van der Waals surface area contributed by atoms with Crippen LogP contribution in [0.15, 0.2) is 0 Å². The molecule has 0 aliphatic carbocycles. The van der Waals surface area contributed by atoms with Crippen LogP contribution in [0.5, 0.6) is 0 Å². The van der Waals surface area contributed by atoms with Crippen molar-refractivity contribution < 1.29 is 5.11 Å². The Morgan fingerprint density at radius 3 is 1.73 bits per heavy atom. The van der Waals surface area contributed by atoms with E-state index in [1.165, 1.54) is 19.3 Å². The van der Waals surface area contributed by atoms with E-state index in [0.29, 0.717) is 0 Å². The Hall–Kier alpha value is -0.0400. The van der Waals surface area contributed by atoms with Gasteiger partial charge in [0, 0.05) is 7.11 Å². The zero-order valence-corrected chi connectivity index (χ0v) is 8.72. The highest BCUT2D eigenvalue weighted by molar-refractivity contribution is 4.52. The molecule has 0 aromatic heterocycles. The van der Waals surface area contributed by atoms with Crippen molar-refractivity contribution in [1.82, 2.24) is 0 Å². The third kappa shape index (κ3) is 13.0. The number of aliphatic hydroxyl groups excluding tert-OH is 1. The predicted octanol–water partition coefficient (Wildman–Crippen LogP) is 3.08. The molecule has 0 saturated carbocycles. The smallest absolute Gasteiger partial charge is 0.0319 e. The lowest BCUT2D eigenvalue weighted by atomic mass is 9.98. The second-order valence-electron chi connectivity index (χ2n) is 3.48. The standard InChI is InChI=1S/C9H20.CH4O/c1-5-9(4)7-6-8(2)3;1-2/h8-9H,5-7H2,1-4H3;2H,1H3. The summed E-state index contributed by atoms with van der Waals surface area (Å²) in [7, 11) is 1.00. The lowest BCUT2D eigenvalue weighted by Gasteiger charge is -2.09. The Morgan fingerprint density at radius 2 is 1.45 bits per heavy atom. The molecule has 0 saturated heterocycles. The molecule has 0 aliphatic heterocycles. The SMILES string of the molecule is CCC(C)CCC(C)C.CO. The summed E-state index contributed by atoms with van der Waals surface area (Å²) in [6, 6.07) is 0. The van der Waals surface area contributed by atoms with Gasteiger partial charge in [-0.3, -0.25) is 0 Å². The molecule has 0 aromatic rings. The highest BCUT2D eigenvalue weighted by Gasteiger charge is 1.99. The summed E-state index contributed by atoms with van der Waals surface area (Å²) < 4.78 is 0. The van der Waals surface area contributed by atoms with Crippen molar-refractivity contribution >= 4 is 0 Å². The molecule has 1 atom stereocenters. The van der Waals surface area contributed by atoms with Crippen molar-refractivity contribution in [2.75, 3.05) is 7.11 Å². The van der Waals surface area contributed by atoms with Crippen LogP contribution in [0.4, 0.5) is 0 Å². The molecule has 0 heterocycles. The average Bonchev–Trinajstić information content (AvgIpc) is 2.04. The zero-order chi connectivity index (χ0) is 9.28. The first-order valence-corrected chi connectivity index (χ1v) is 4.61. The summed E-state index contributed by atoms with van der Waals surface area (Å²) in [6.45, 7) is 9.19. The van der Waals surface area contributed by atoms with Gasteiger partial charge in [0.2, 0.25) is 0 Å². The van der Waals surface area contributed by atoms with Crippen molar-refractivity contribution in [1.29, 1.82) is 0 Å². The van der Waals surface area contributed by atoms with E-state index in [2.05, 4.69) is 27.7 Å². The lowest BCUT2D eigenvalue weighted by molar-refractivity contribution is 0.399. The monoisotopic (exact) mass is 160 g/mol. The number of rotatable bonds is 4. The number of hydrogen-bond donors (Lipinski definition) is 1.